The molecule has 0 aliphatic carbocycles. The van der Waals surface area contributed by atoms with Gasteiger partial charge in [0, 0.05) is 31.0 Å². The third-order valence-corrected chi connectivity index (χ3v) is 3.63. The summed E-state index contributed by atoms with van der Waals surface area (Å²) in [6.07, 6.45) is 5.22. The number of aromatic nitrogens is 1. The molecule has 1 aliphatic rings. The number of pyridine rings is 1. The second-order valence-electron chi connectivity index (χ2n) is 4.91. The summed E-state index contributed by atoms with van der Waals surface area (Å²) in [6.45, 7) is 2.70. The first kappa shape index (κ1) is 13.7. The molecule has 0 aromatic carbocycles. The number of nitrogens with zero attached hydrogens (tertiary/aromatic N) is 3. The molecule has 0 spiro atoms. The normalized spacial score (nSPS) is 18.8. The average Bonchev–Trinajstić information content (AvgIpc) is 2.83. The third kappa shape index (κ3) is 2.84. The van der Waals surface area contributed by atoms with Crippen molar-refractivity contribution in [3.05, 3.63) is 27.9 Å². The lowest BCUT2D eigenvalue weighted by Crippen LogP contribution is -2.30. The van der Waals surface area contributed by atoms with Crippen molar-refractivity contribution in [1.82, 2.24) is 4.98 Å². The molecule has 104 valence electrons. The summed E-state index contributed by atoms with van der Waals surface area (Å²) < 4.78 is 0. The summed E-state index contributed by atoms with van der Waals surface area (Å²) in [7, 11) is 0. The van der Waals surface area contributed by atoms with Gasteiger partial charge in [0.15, 0.2) is 0 Å². The number of hydrogen-bond donors (Lipinski definition) is 1. The van der Waals surface area contributed by atoms with E-state index in [9.17, 15) is 10.1 Å². The van der Waals surface area contributed by atoms with E-state index < -0.39 is 0 Å². The van der Waals surface area contributed by atoms with Gasteiger partial charge in [-0.2, -0.15) is 0 Å². The predicted octanol–water partition coefficient (Wildman–Crippen LogP) is 2.04. The minimum absolute atomic E-state index is 0.110. The van der Waals surface area contributed by atoms with Crippen LogP contribution in [-0.4, -0.2) is 34.2 Å². The van der Waals surface area contributed by atoms with Crippen molar-refractivity contribution < 1.29 is 10.0 Å². The molecule has 6 heteroatoms. The SMILES string of the molecule is Cc1ccnc(N2CCCC2CCCO)c1[N+](=O)[O-]. The van der Waals surface area contributed by atoms with Gasteiger partial charge in [-0.15, -0.1) is 0 Å². The Labute approximate surface area is 112 Å². The maximum atomic E-state index is 11.2. The number of aryl methyl sites for hydroxylation is 1. The van der Waals surface area contributed by atoms with Gasteiger partial charge >= 0.3 is 5.69 Å². The number of aliphatic hydroxyl groups is 1. The second kappa shape index (κ2) is 5.97. The second-order valence-corrected chi connectivity index (χ2v) is 4.91. The summed E-state index contributed by atoms with van der Waals surface area (Å²) in [5.41, 5.74) is 0.751. The Morgan fingerprint density at radius 2 is 2.42 bits per heavy atom. The van der Waals surface area contributed by atoms with Crippen molar-refractivity contribution in [3.63, 3.8) is 0 Å². The Morgan fingerprint density at radius 3 is 3.11 bits per heavy atom. The van der Waals surface area contributed by atoms with Crippen LogP contribution in [0.4, 0.5) is 11.5 Å². The fourth-order valence-corrected chi connectivity index (χ4v) is 2.71. The van der Waals surface area contributed by atoms with Crippen LogP contribution in [0.1, 0.15) is 31.2 Å². The Hall–Kier alpha value is -1.69. The van der Waals surface area contributed by atoms with Gasteiger partial charge in [-0.25, -0.2) is 4.98 Å². The van der Waals surface area contributed by atoms with E-state index in [0.717, 1.165) is 32.2 Å². The molecule has 2 heterocycles. The lowest BCUT2D eigenvalue weighted by Gasteiger charge is -2.25. The van der Waals surface area contributed by atoms with Crippen LogP contribution in [0.2, 0.25) is 0 Å². The molecule has 1 aromatic heterocycles. The minimum atomic E-state index is -0.348. The highest BCUT2D eigenvalue weighted by Crippen LogP contribution is 2.34. The molecule has 6 nitrogen and oxygen atoms in total. The maximum absolute atomic E-state index is 11.2. The first-order chi connectivity index (χ1) is 9.15. The minimum Gasteiger partial charge on any atom is -0.396 e. The Morgan fingerprint density at radius 1 is 1.63 bits per heavy atom. The molecule has 0 amide bonds. The van der Waals surface area contributed by atoms with Crippen LogP contribution in [0, 0.1) is 17.0 Å². The largest absolute Gasteiger partial charge is 0.396 e. The van der Waals surface area contributed by atoms with Gasteiger partial charge in [-0.1, -0.05) is 0 Å². The fourth-order valence-electron chi connectivity index (χ4n) is 2.71. The van der Waals surface area contributed by atoms with E-state index in [-0.39, 0.29) is 23.3 Å². The van der Waals surface area contributed by atoms with Gasteiger partial charge in [0.1, 0.15) is 0 Å². The van der Waals surface area contributed by atoms with E-state index in [2.05, 4.69) is 4.98 Å². The van der Waals surface area contributed by atoms with Crippen molar-refractivity contribution >= 4 is 11.5 Å². The number of hydrogen-bond acceptors (Lipinski definition) is 5. The van der Waals surface area contributed by atoms with Gasteiger partial charge in [0.2, 0.25) is 5.82 Å². The summed E-state index contributed by atoms with van der Waals surface area (Å²) in [5, 5.41) is 20.1. The van der Waals surface area contributed by atoms with E-state index in [1.807, 2.05) is 4.90 Å². The summed E-state index contributed by atoms with van der Waals surface area (Å²) >= 11 is 0. The monoisotopic (exact) mass is 265 g/mol. The van der Waals surface area contributed by atoms with E-state index in [1.54, 1.807) is 19.2 Å². The number of aliphatic hydroxyl groups excluding tert-OH is 1. The highest BCUT2D eigenvalue weighted by Gasteiger charge is 2.31. The first-order valence-electron chi connectivity index (χ1n) is 6.62. The quantitative estimate of drug-likeness (QED) is 0.651. The number of nitro groups is 1. The number of anilines is 1. The summed E-state index contributed by atoms with van der Waals surface area (Å²) in [6, 6.07) is 1.92. The van der Waals surface area contributed by atoms with Gasteiger partial charge in [0.25, 0.3) is 0 Å². The van der Waals surface area contributed by atoms with Crippen LogP contribution >= 0.6 is 0 Å². The summed E-state index contributed by atoms with van der Waals surface area (Å²) in [5.74, 6) is 0.477. The molecule has 19 heavy (non-hydrogen) atoms. The first-order valence-corrected chi connectivity index (χ1v) is 6.62. The molecular weight excluding hydrogens is 246 g/mol. The van der Waals surface area contributed by atoms with Gasteiger partial charge in [-0.3, -0.25) is 10.1 Å². The van der Waals surface area contributed by atoms with E-state index in [1.165, 1.54) is 0 Å². The van der Waals surface area contributed by atoms with E-state index in [0.29, 0.717) is 11.4 Å². The molecule has 1 N–H and O–H groups in total. The Kier molecular flexibility index (Phi) is 4.31. The molecule has 2 rings (SSSR count). The molecule has 0 saturated carbocycles. The molecule has 1 aromatic rings. The zero-order chi connectivity index (χ0) is 13.8. The van der Waals surface area contributed by atoms with Gasteiger partial charge in [-0.05, 0) is 38.7 Å². The summed E-state index contributed by atoms with van der Waals surface area (Å²) in [4.78, 5) is 17.1. The predicted molar refractivity (Wildman–Crippen MR) is 72.3 cm³/mol. The van der Waals surface area contributed by atoms with Crippen LogP contribution in [0.15, 0.2) is 12.3 Å². The van der Waals surface area contributed by atoms with Crippen LogP contribution < -0.4 is 4.90 Å². The Balaban J connectivity index is 2.30. The topological polar surface area (TPSA) is 79.5 Å². The van der Waals surface area contributed by atoms with Crippen LogP contribution in [-0.2, 0) is 0 Å². The molecule has 0 radical (unpaired) electrons. The molecule has 1 saturated heterocycles. The molecule has 1 unspecified atom stereocenters. The fraction of sp³-hybridized carbons (Fsp3) is 0.615. The highest BCUT2D eigenvalue weighted by molar-refractivity contribution is 5.62. The average molecular weight is 265 g/mol. The zero-order valence-electron chi connectivity index (χ0n) is 11.1. The Bertz CT molecular complexity index is 464. The molecule has 1 atom stereocenters. The molecular formula is C13H19N3O3. The van der Waals surface area contributed by atoms with Crippen LogP contribution in [0.5, 0.6) is 0 Å². The zero-order valence-corrected chi connectivity index (χ0v) is 11.1. The lowest BCUT2D eigenvalue weighted by atomic mass is 10.1. The smallest absolute Gasteiger partial charge is 0.314 e. The van der Waals surface area contributed by atoms with Crippen molar-refractivity contribution in [3.8, 4) is 0 Å². The van der Waals surface area contributed by atoms with Crippen LogP contribution in [0.25, 0.3) is 0 Å². The van der Waals surface area contributed by atoms with Crippen molar-refractivity contribution in [2.45, 2.75) is 38.6 Å². The molecule has 1 aliphatic heterocycles. The van der Waals surface area contributed by atoms with Crippen molar-refractivity contribution in [2.75, 3.05) is 18.1 Å². The lowest BCUT2D eigenvalue weighted by molar-refractivity contribution is -0.384. The molecule has 0 bridgehead atoms. The molecule has 1 fully saturated rings. The van der Waals surface area contributed by atoms with Gasteiger partial charge in [0.05, 0.1) is 4.92 Å². The number of rotatable bonds is 5. The van der Waals surface area contributed by atoms with E-state index in [4.69, 9.17) is 5.11 Å². The maximum Gasteiger partial charge on any atom is 0.314 e. The van der Waals surface area contributed by atoms with E-state index >= 15 is 0 Å². The standard InChI is InChI=1S/C13H19N3O3/c1-10-6-7-14-13(12(10)16(18)19)15-8-2-4-11(15)5-3-9-17/h6-7,11,17H,2-5,8-9H2,1H3. The highest BCUT2D eigenvalue weighted by atomic mass is 16.6. The van der Waals surface area contributed by atoms with Crippen molar-refractivity contribution in [1.29, 1.82) is 0 Å². The van der Waals surface area contributed by atoms with Crippen molar-refractivity contribution in [2.24, 2.45) is 0 Å². The third-order valence-electron chi connectivity index (χ3n) is 3.63. The van der Waals surface area contributed by atoms with Gasteiger partial charge < -0.3 is 10.0 Å². The van der Waals surface area contributed by atoms with Crippen LogP contribution in [0.3, 0.4) is 0 Å².